The van der Waals surface area contributed by atoms with E-state index in [1.165, 1.54) is 29.6 Å². The van der Waals surface area contributed by atoms with E-state index in [2.05, 4.69) is 21.2 Å². The van der Waals surface area contributed by atoms with Crippen LogP contribution in [0, 0.1) is 0 Å². The number of hydrogen-bond acceptors (Lipinski definition) is 5. The Hall–Kier alpha value is -1.45. The summed E-state index contributed by atoms with van der Waals surface area (Å²) in [5.74, 6) is -0.973. The largest absolute Gasteiger partial charge is 0.467 e. The highest BCUT2D eigenvalue weighted by Gasteiger charge is 2.42. The van der Waals surface area contributed by atoms with Gasteiger partial charge in [0.25, 0.3) is 5.91 Å². The zero-order valence-corrected chi connectivity index (χ0v) is 18.9. The topological polar surface area (TPSA) is 92.8 Å². The summed E-state index contributed by atoms with van der Waals surface area (Å²) in [6, 6.07) is 4.35. The van der Waals surface area contributed by atoms with Gasteiger partial charge in [-0.3, -0.25) is 4.79 Å². The van der Waals surface area contributed by atoms with Crippen molar-refractivity contribution in [3.63, 3.8) is 0 Å². The lowest BCUT2D eigenvalue weighted by Gasteiger charge is -2.35. The molecule has 156 valence electrons. The normalized spacial score (nSPS) is 16.6. The van der Waals surface area contributed by atoms with Crippen molar-refractivity contribution < 1.29 is 22.7 Å². The number of hydrogen-bond donors (Lipinski definition) is 1. The van der Waals surface area contributed by atoms with Crippen molar-refractivity contribution in [1.82, 2.24) is 9.62 Å². The van der Waals surface area contributed by atoms with E-state index >= 15 is 0 Å². The molecule has 0 aliphatic heterocycles. The van der Waals surface area contributed by atoms with Gasteiger partial charge in [0, 0.05) is 17.6 Å². The fraction of sp³-hybridized carbons (Fsp3) is 0.579. The van der Waals surface area contributed by atoms with Crippen molar-refractivity contribution in [2.75, 3.05) is 20.2 Å². The summed E-state index contributed by atoms with van der Waals surface area (Å²) in [4.78, 5) is 25.4. The number of carbonyl (C=O) groups is 2. The second kappa shape index (κ2) is 9.37. The van der Waals surface area contributed by atoms with Gasteiger partial charge in [0.15, 0.2) is 0 Å². The number of nitrogens with one attached hydrogen (secondary N) is 1. The van der Waals surface area contributed by atoms with Crippen molar-refractivity contribution in [3.8, 4) is 0 Å². The highest BCUT2D eigenvalue weighted by Crippen LogP contribution is 2.31. The predicted octanol–water partition coefficient (Wildman–Crippen LogP) is 3.09. The van der Waals surface area contributed by atoms with E-state index in [9.17, 15) is 18.0 Å². The van der Waals surface area contributed by atoms with E-state index in [0.717, 1.165) is 19.3 Å². The van der Waals surface area contributed by atoms with Crippen LogP contribution in [0.15, 0.2) is 27.6 Å². The van der Waals surface area contributed by atoms with Gasteiger partial charge in [-0.05, 0) is 47.0 Å². The Morgan fingerprint density at radius 3 is 2.32 bits per heavy atom. The van der Waals surface area contributed by atoms with Gasteiger partial charge >= 0.3 is 5.97 Å². The molecule has 1 fully saturated rings. The summed E-state index contributed by atoms with van der Waals surface area (Å²) in [6.45, 7) is 4.19. The van der Waals surface area contributed by atoms with Gasteiger partial charge in [-0.25, -0.2) is 13.2 Å². The van der Waals surface area contributed by atoms with Gasteiger partial charge in [-0.15, -0.1) is 0 Å². The molecule has 0 unspecified atom stereocenters. The number of methoxy groups -OCH3 is 1. The van der Waals surface area contributed by atoms with Crippen LogP contribution < -0.4 is 5.32 Å². The van der Waals surface area contributed by atoms with E-state index in [4.69, 9.17) is 4.74 Å². The summed E-state index contributed by atoms with van der Waals surface area (Å²) >= 11 is 3.32. The first-order valence-electron chi connectivity index (χ1n) is 9.42. The number of halogens is 1. The lowest BCUT2D eigenvalue weighted by molar-refractivity contribution is -0.149. The number of amides is 1. The fourth-order valence-electron chi connectivity index (χ4n) is 3.57. The summed E-state index contributed by atoms with van der Waals surface area (Å²) in [7, 11) is -2.40. The van der Waals surface area contributed by atoms with Crippen LogP contribution in [0.3, 0.4) is 0 Å². The summed E-state index contributed by atoms with van der Waals surface area (Å²) in [6.07, 6.45) is 3.62. The molecular formula is C19H27BrN2O5S. The van der Waals surface area contributed by atoms with Crippen LogP contribution in [0.5, 0.6) is 0 Å². The van der Waals surface area contributed by atoms with E-state index in [-0.39, 0.29) is 10.5 Å². The van der Waals surface area contributed by atoms with Crippen molar-refractivity contribution in [3.05, 3.63) is 28.2 Å². The number of ether oxygens (including phenoxy) is 1. The van der Waals surface area contributed by atoms with Crippen LogP contribution in [-0.4, -0.2) is 50.3 Å². The molecule has 7 nitrogen and oxygen atoms in total. The molecule has 0 radical (unpaired) electrons. The smallest absolute Gasteiger partial charge is 0.331 e. The molecule has 9 heteroatoms. The Labute approximate surface area is 175 Å². The van der Waals surface area contributed by atoms with Crippen molar-refractivity contribution in [1.29, 1.82) is 0 Å². The lowest BCUT2D eigenvalue weighted by Crippen LogP contribution is -2.56. The molecule has 0 heterocycles. The first-order chi connectivity index (χ1) is 13.2. The minimum absolute atomic E-state index is 0.0420. The van der Waals surface area contributed by atoms with E-state index in [1.54, 1.807) is 13.8 Å². The maximum atomic E-state index is 13.0. The molecule has 28 heavy (non-hydrogen) atoms. The van der Waals surface area contributed by atoms with Crippen LogP contribution >= 0.6 is 15.9 Å². The Bertz CT molecular complexity index is 831. The highest BCUT2D eigenvalue weighted by atomic mass is 79.9. The molecule has 0 aromatic heterocycles. The van der Waals surface area contributed by atoms with Crippen molar-refractivity contribution >= 4 is 37.8 Å². The third-order valence-electron chi connectivity index (χ3n) is 5.16. The van der Waals surface area contributed by atoms with Gasteiger partial charge < -0.3 is 10.1 Å². The van der Waals surface area contributed by atoms with E-state index in [0.29, 0.717) is 30.4 Å². The third kappa shape index (κ3) is 4.58. The molecule has 1 amide bonds. The Kier molecular flexibility index (Phi) is 7.64. The predicted molar refractivity (Wildman–Crippen MR) is 110 cm³/mol. The zero-order valence-electron chi connectivity index (χ0n) is 16.5. The molecule has 1 aromatic carbocycles. The van der Waals surface area contributed by atoms with Gasteiger partial charge in [0.2, 0.25) is 10.0 Å². The Morgan fingerprint density at radius 1 is 1.18 bits per heavy atom. The molecule has 1 aliphatic rings. The first kappa shape index (κ1) is 22.8. The van der Waals surface area contributed by atoms with Crippen LogP contribution in [0.1, 0.15) is 56.3 Å². The SMILES string of the molecule is CCN(CC)S(=O)(=O)c1ccc(Br)c(C(=O)NC2(C(=O)OC)CCCCC2)c1. The number of esters is 1. The number of rotatable bonds is 7. The number of nitrogens with zero attached hydrogens (tertiary/aromatic N) is 1. The Balaban J connectivity index is 2.39. The monoisotopic (exact) mass is 474 g/mol. The van der Waals surface area contributed by atoms with Crippen molar-refractivity contribution in [2.45, 2.75) is 56.4 Å². The van der Waals surface area contributed by atoms with E-state index < -0.39 is 27.4 Å². The minimum atomic E-state index is -3.70. The molecule has 1 N–H and O–H groups in total. The first-order valence-corrected chi connectivity index (χ1v) is 11.7. The molecular weight excluding hydrogens is 448 g/mol. The zero-order chi connectivity index (χ0) is 20.9. The third-order valence-corrected chi connectivity index (χ3v) is 7.90. The van der Waals surface area contributed by atoms with E-state index in [1.807, 2.05) is 0 Å². The summed E-state index contributed by atoms with van der Waals surface area (Å²) in [5, 5.41) is 2.82. The average Bonchev–Trinajstić information content (AvgIpc) is 2.68. The summed E-state index contributed by atoms with van der Waals surface area (Å²) in [5.41, 5.74) is -0.904. The molecule has 0 atom stereocenters. The van der Waals surface area contributed by atoms with Gasteiger partial charge in [0.1, 0.15) is 5.54 Å². The van der Waals surface area contributed by atoms with Crippen LogP contribution in [-0.2, 0) is 19.6 Å². The lowest BCUT2D eigenvalue weighted by atomic mass is 9.81. The van der Waals surface area contributed by atoms with Crippen LogP contribution in [0.2, 0.25) is 0 Å². The maximum absolute atomic E-state index is 13.0. The Morgan fingerprint density at radius 2 is 1.79 bits per heavy atom. The number of carbonyl (C=O) groups excluding carboxylic acids is 2. The van der Waals surface area contributed by atoms with Crippen molar-refractivity contribution in [2.24, 2.45) is 0 Å². The molecule has 0 spiro atoms. The highest BCUT2D eigenvalue weighted by molar-refractivity contribution is 9.10. The summed E-state index contributed by atoms with van der Waals surface area (Å²) < 4.78 is 32.3. The number of sulfonamides is 1. The fourth-order valence-corrected chi connectivity index (χ4v) is 5.48. The van der Waals surface area contributed by atoms with Crippen LogP contribution in [0.25, 0.3) is 0 Å². The maximum Gasteiger partial charge on any atom is 0.331 e. The molecule has 1 aliphatic carbocycles. The molecule has 1 saturated carbocycles. The molecule has 1 aromatic rings. The van der Waals surface area contributed by atoms with Gasteiger partial charge in [0.05, 0.1) is 17.6 Å². The minimum Gasteiger partial charge on any atom is -0.467 e. The second-order valence-corrected chi connectivity index (χ2v) is 9.61. The second-order valence-electron chi connectivity index (χ2n) is 6.82. The molecule has 2 rings (SSSR count). The van der Waals surface area contributed by atoms with Gasteiger partial charge in [-0.1, -0.05) is 33.1 Å². The number of benzene rings is 1. The quantitative estimate of drug-likeness (QED) is 0.612. The molecule has 0 saturated heterocycles. The molecule has 0 bridgehead atoms. The van der Waals surface area contributed by atoms with Gasteiger partial charge in [-0.2, -0.15) is 4.31 Å². The van der Waals surface area contributed by atoms with Crippen LogP contribution in [0.4, 0.5) is 0 Å². The average molecular weight is 475 g/mol. The standard InChI is InChI=1S/C19H27BrN2O5S/c1-4-22(5-2)28(25,26)14-9-10-16(20)15(13-14)17(23)21-19(18(24)27-3)11-7-6-8-12-19/h9-10,13H,4-8,11-12H2,1-3H3,(H,21,23).